The lowest BCUT2D eigenvalue weighted by molar-refractivity contribution is -0.129. The summed E-state index contributed by atoms with van der Waals surface area (Å²) in [5.74, 6) is 1.39. The van der Waals surface area contributed by atoms with E-state index in [1.54, 1.807) is 11.1 Å². The number of aliphatic hydroxyl groups excluding tert-OH is 1. The molecule has 4 N–H and O–H groups in total. The molecule has 4 bridgehead atoms. The van der Waals surface area contributed by atoms with Crippen molar-refractivity contribution in [3.8, 4) is 11.5 Å². The van der Waals surface area contributed by atoms with Gasteiger partial charge in [0.1, 0.15) is 5.65 Å². The Labute approximate surface area is 202 Å². The molecule has 4 saturated carbocycles. The largest absolute Gasteiger partial charge is 0.394 e. The Morgan fingerprint density at radius 3 is 2.89 bits per heavy atom. The smallest absolute Gasteiger partial charge is 0.295 e. The van der Waals surface area contributed by atoms with Gasteiger partial charge in [-0.15, -0.1) is 0 Å². The van der Waals surface area contributed by atoms with Crippen molar-refractivity contribution in [3.63, 3.8) is 0 Å². The second-order valence-corrected chi connectivity index (χ2v) is 11.1. The minimum Gasteiger partial charge on any atom is -0.394 e. The van der Waals surface area contributed by atoms with Crippen molar-refractivity contribution >= 4 is 22.6 Å². The molecule has 10 heteroatoms. The molecule has 1 aliphatic heterocycles. The highest BCUT2D eigenvalue weighted by molar-refractivity contribution is 5.97. The van der Waals surface area contributed by atoms with Gasteiger partial charge in [0.2, 0.25) is 0 Å². The number of likely N-dealkylation sites (tertiary alicyclic amines) is 1. The standard InChI is InChI=1S/C25H30N6O4/c32-12-16-2-1-5-31(16)24(33)22-29-23(35-30-22)18-11-27-21-17(3-4-26-21)20(18)28-19-14-6-13-7-15(19)10-25(34,8-13)9-14/h3-4,11,13-16,19,32,34H,1-2,5-10,12H2,(H2,26,27,28)/t13?,14?,15?,16-,19?,25?/m0/s1. The highest BCUT2D eigenvalue weighted by atomic mass is 16.5. The Morgan fingerprint density at radius 2 is 2.11 bits per heavy atom. The Morgan fingerprint density at radius 1 is 1.29 bits per heavy atom. The number of amides is 1. The summed E-state index contributed by atoms with van der Waals surface area (Å²) in [6.07, 6.45) is 10.1. The Hall–Kier alpha value is -2.98. The van der Waals surface area contributed by atoms with Crippen molar-refractivity contribution in [3.05, 3.63) is 24.3 Å². The molecule has 5 aliphatic rings. The number of hydrogen-bond acceptors (Lipinski definition) is 8. The normalized spacial score (nSPS) is 33.7. The third-order valence-electron chi connectivity index (χ3n) is 8.83. The number of carbonyl (C=O) groups is 1. The Balaban J connectivity index is 1.23. The zero-order chi connectivity index (χ0) is 23.7. The van der Waals surface area contributed by atoms with E-state index in [-0.39, 0.29) is 36.3 Å². The van der Waals surface area contributed by atoms with Gasteiger partial charge in [0, 0.05) is 30.4 Å². The van der Waals surface area contributed by atoms with Gasteiger partial charge in [0.15, 0.2) is 0 Å². The molecule has 1 saturated heterocycles. The zero-order valence-corrected chi connectivity index (χ0v) is 19.5. The molecule has 1 amide bonds. The predicted octanol–water partition coefficient (Wildman–Crippen LogP) is 2.56. The van der Waals surface area contributed by atoms with E-state index in [1.165, 1.54) is 0 Å². The van der Waals surface area contributed by atoms with Crippen molar-refractivity contribution in [2.45, 2.75) is 62.6 Å². The summed E-state index contributed by atoms with van der Waals surface area (Å²) in [4.78, 5) is 26.8. The van der Waals surface area contributed by atoms with Crippen molar-refractivity contribution in [1.29, 1.82) is 0 Å². The highest BCUT2D eigenvalue weighted by Crippen LogP contribution is 2.56. The molecule has 2 unspecified atom stereocenters. The number of hydrogen-bond donors (Lipinski definition) is 4. The maximum atomic E-state index is 13.0. The number of rotatable bonds is 5. The Bertz CT molecular complexity index is 1270. The van der Waals surface area contributed by atoms with Crippen LogP contribution in [-0.2, 0) is 0 Å². The number of H-pyrrole nitrogens is 1. The number of nitrogens with zero attached hydrogens (tertiary/aromatic N) is 4. The number of fused-ring (bicyclic) bond motifs is 1. The van der Waals surface area contributed by atoms with E-state index in [0.29, 0.717) is 29.9 Å². The van der Waals surface area contributed by atoms with Gasteiger partial charge in [0.05, 0.1) is 29.5 Å². The third kappa shape index (κ3) is 3.37. The predicted molar refractivity (Wildman–Crippen MR) is 126 cm³/mol. The lowest BCUT2D eigenvalue weighted by Gasteiger charge is -2.58. The van der Waals surface area contributed by atoms with Crippen molar-refractivity contribution in [2.24, 2.45) is 17.8 Å². The van der Waals surface area contributed by atoms with Crippen LogP contribution < -0.4 is 5.32 Å². The minimum absolute atomic E-state index is 0.00249. The van der Waals surface area contributed by atoms with Gasteiger partial charge in [-0.05, 0) is 68.8 Å². The average molecular weight is 479 g/mol. The fraction of sp³-hybridized carbons (Fsp3) is 0.600. The van der Waals surface area contributed by atoms with Crippen LogP contribution in [0.1, 0.15) is 55.6 Å². The van der Waals surface area contributed by atoms with Crippen LogP contribution >= 0.6 is 0 Å². The van der Waals surface area contributed by atoms with Crippen LogP contribution in [0.4, 0.5) is 5.69 Å². The molecular weight excluding hydrogens is 448 g/mol. The summed E-state index contributed by atoms with van der Waals surface area (Å²) in [6, 6.07) is 2.03. The van der Waals surface area contributed by atoms with Crippen LogP contribution in [0.25, 0.3) is 22.5 Å². The third-order valence-corrected chi connectivity index (χ3v) is 8.83. The average Bonchev–Trinajstić information content (AvgIpc) is 3.60. The van der Waals surface area contributed by atoms with Gasteiger partial charge in [0.25, 0.3) is 17.6 Å². The van der Waals surface area contributed by atoms with Crippen molar-refractivity contribution < 1.29 is 19.5 Å². The van der Waals surface area contributed by atoms with Crippen LogP contribution in [0.5, 0.6) is 0 Å². The van der Waals surface area contributed by atoms with Crippen LogP contribution in [0.2, 0.25) is 0 Å². The molecule has 0 radical (unpaired) electrons. The lowest BCUT2D eigenvalue weighted by Crippen LogP contribution is -2.59. The molecule has 0 aromatic carbocycles. The maximum Gasteiger partial charge on any atom is 0.295 e. The number of anilines is 1. The SMILES string of the molecule is O=C(c1noc(-c2cnc3[nH]ccc3c2NC2C3CC4CC2CC(O)(C4)C3)n1)N1CCC[C@H]1CO. The first-order chi connectivity index (χ1) is 17.0. The monoisotopic (exact) mass is 478 g/mol. The van der Waals surface area contributed by atoms with Gasteiger partial charge in [-0.2, -0.15) is 4.98 Å². The first kappa shape index (κ1) is 21.3. The summed E-state index contributed by atoms with van der Waals surface area (Å²) < 4.78 is 5.59. The van der Waals surface area contributed by atoms with Crippen LogP contribution in [0.15, 0.2) is 23.0 Å². The first-order valence-corrected chi connectivity index (χ1v) is 12.7. The molecule has 8 rings (SSSR count). The van der Waals surface area contributed by atoms with E-state index >= 15 is 0 Å². The summed E-state index contributed by atoms with van der Waals surface area (Å²) in [7, 11) is 0. The molecule has 5 fully saturated rings. The molecule has 3 aromatic rings. The van der Waals surface area contributed by atoms with E-state index in [2.05, 4.69) is 25.4 Å². The van der Waals surface area contributed by atoms with Crippen LogP contribution in [-0.4, -0.2) is 72.0 Å². The zero-order valence-electron chi connectivity index (χ0n) is 19.5. The first-order valence-electron chi connectivity index (χ1n) is 12.7. The van der Waals surface area contributed by atoms with Gasteiger partial charge in [-0.25, -0.2) is 4.98 Å². The second-order valence-electron chi connectivity index (χ2n) is 11.1. The number of pyridine rings is 1. The fourth-order valence-electron chi connectivity index (χ4n) is 7.55. The van der Waals surface area contributed by atoms with Gasteiger partial charge < -0.3 is 29.9 Å². The Kier molecular flexibility index (Phi) is 4.73. The molecule has 4 heterocycles. The van der Waals surface area contributed by atoms with Crippen LogP contribution in [0, 0.1) is 17.8 Å². The quantitative estimate of drug-likeness (QED) is 0.439. The summed E-state index contributed by atoms with van der Waals surface area (Å²) in [6.45, 7) is 0.508. The molecule has 10 nitrogen and oxygen atoms in total. The van der Waals surface area contributed by atoms with E-state index in [4.69, 9.17) is 4.52 Å². The molecule has 3 aromatic heterocycles. The number of carbonyl (C=O) groups excluding carboxylic acids is 1. The number of aliphatic hydroxyl groups is 2. The van der Waals surface area contributed by atoms with Gasteiger partial charge in [-0.1, -0.05) is 5.16 Å². The molecular formula is C25H30N6O4. The molecule has 35 heavy (non-hydrogen) atoms. The minimum atomic E-state index is -0.497. The number of nitrogens with one attached hydrogen (secondary N) is 2. The number of aromatic amines is 1. The molecule has 3 atom stereocenters. The maximum absolute atomic E-state index is 13.0. The van der Waals surface area contributed by atoms with E-state index in [1.807, 2.05) is 12.3 Å². The summed E-state index contributed by atoms with van der Waals surface area (Å²) >= 11 is 0. The van der Waals surface area contributed by atoms with Crippen molar-refractivity contribution in [2.75, 3.05) is 18.5 Å². The van der Waals surface area contributed by atoms with E-state index < -0.39 is 5.60 Å². The van der Waals surface area contributed by atoms with Gasteiger partial charge >= 0.3 is 0 Å². The highest BCUT2D eigenvalue weighted by Gasteiger charge is 2.54. The van der Waals surface area contributed by atoms with E-state index in [0.717, 1.165) is 61.7 Å². The summed E-state index contributed by atoms with van der Waals surface area (Å²) in [5, 5.41) is 29.3. The number of aromatic nitrogens is 4. The summed E-state index contributed by atoms with van der Waals surface area (Å²) in [5.41, 5.74) is 1.80. The lowest BCUT2D eigenvalue weighted by atomic mass is 9.52. The molecule has 0 spiro atoms. The fourth-order valence-corrected chi connectivity index (χ4v) is 7.55. The molecule has 4 aliphatic carbocycles. The second kappa shape index (κ2) is 7.76. The van der Waals surface area contributed by atoms with Crippen LogP contribution in [0.3, 0.4) is 0 Å². The van der Waals surface area contributed by atoms with Gasteiger partial charge in [-0.3, -0.25) is 4.79 Å². The molecule has 184 valence electrons. The van der Waals surface area contributed by atoms with E-state index in [9.17, 15) is 15.0 Å². The topological polar surface area (TPSA) is 140 Å². The van der Waals surface area contributed by atoms with Crippen molar-refractivity contribution in [1.82, 2.24) is 25.0 Å².